The van der Waals surface area contributed by atoms with Crippen LogP contribution in [0.4, 0.5) is 0 Å². The van der Waals surface area contributed by atoms with Gasteiger partial charge in [-0.3, -0.25) is 0 Å². The van der Waals surface area contributed by atoms with E-state index >= 15 is 0 Å². The van der Waals surface area contributed by atoms with E-state index in [0.717, 1.165) is 0 Å². The predicted octanol–water partition coefficient (Wildman–Crippen LogP) is 3.55. The summed E-state index contributed by atoms with van der Waals surface area (Å²) in [6, 6.07) is 1.34. The summed E-state index contributed by atoms with van der Waals surface area (Å²) in [4.78, 5) is 0. The average molecular weight is 213 g/mol. The Morgan fingerprint density at radius 1 is 1.42 bits per heavy atom. The van der Waals surface area contributed by atoms with E-state index in [1.165, 1.54) is 6.04 Å². The monoisotopic (exact) mass is 213 g/mol. The van der Waals surface area contributed by atoms with Gasteiger partial charge in [-0.15, -0.1) is 0 Å². The molecule has 0 aromatic carbocycles. The van der Waals surface area contributed by atoms with Crippen LogP contribution in [-0.2, 0) is 20.4 Å². The van der Waals surface area contributed by atoms with E-state index in [4.69, 9.17) is 0 Å². The van der Waals surface area contributed by atoms with Crippen LogP contribution in [0.2, 0.25) is 29.4 Å². The predicted molar refractivity (Wildman–Crippen MR) is 53.7 cm³/mol. The summed E-state index contributed by atoms with van der Waals surface area (Å²) in [5, 5.41) is 0. The van der Waals surface area contributed by atoms with Crippen LogP contribution in [0, 0.1) is 0 Å². The summed E-state index contributed by atoms with van der Waals surface area (Å²) < 4.78 is 0.334. The fourth-order valence-corrected chi connectivity index (χ4v) is 3.77. The van der Waals surface area contributed by atoms with Gasteiger partial charge in [0, 0.05) is 0 Å². The van der Waals surface area contributed by atoms with E-state index in [9.17, 15) is 0 Å². The van der Waals surface area contributed by atoms with E-state index in [0.29, 0.717) is 3.72 Å². The molecule has 0 aromatic rings. The van der Waals surface area contributed by atoms with Crippen molar-refractivity contribution in [1.82, 2.24) is 0 Å². The summed E-state index contributed by atoms with van der Waals surface area (Å²) in [6.45, 7) is 9.61. The summed E-state index contributed by atoms with van der Waals surface area (Å²) in [5.41, 5.74) is 1.63. The van der Waals surface area contributed by atoms with Gasteiger partial charge in [0.1, 0.15) is 0 Å². The van der Waals surface area contributed by atoms with Gasteiger partial charge in [0.25, 0.3) is 0 Å². The molecule has 0 aromatic heterocycles. The Hall–Kier alpha value is 0.411. The molecule has 0 nitrogen and oxygen atoms in total. The van der Waals surface area contributed by atoms with Gasteiger partial charge in [0.15, 0.2) is 0 Å². The van der Waals surface area contributed by atoms with Crippen molar-refractivity contribution in [3.8, 4) is 0 Å². The van der Waals surface area contributed by atoms with E-state index in [1.807, 2.05) is 0 Å². The van der Waals surface area contributed by atoms with Gasteiger partial charge in [-0.1, -0.05) is 0 Å². The molecule has 0 radical (unpaired) electrons. The summed E-state index contributed by atoms with van der Waals surface area (Å²) in [7, 11) is -0.919. The van der Waals surface area contributed by atoms with E-state index in [1.54, 1.807) is 5.57 Å². The van der Waals surface area contributed by atoms with Crippen molar-refractivity contribution in [2.45, 2.75) is 36.3 Å². The van der Waals surface area contributed by atoms with Crippen molar-refractivity contribution < 1.29 is 20.4 Å². The quantitative estimate of drug-likeness (QED) is 0.615. The standard InChI is InChI=1S/C10H17Si.Ti/c1-9-6-5-7-10(9)8-11(2,3)4;/h5-7H,8H2,1-4H3;. The van der Waals surface area contributed by atoms with Crippen LogP contribution in [0.5, 0.6) is 0 Å². The molecular formula is C10H17SiTi. The fourth-order valence-electron chi connectivity index (χ4n) is 1.45. The second-order valence-electron chi connectivity index (χ2n) is 4.99. The van der Waals surface area contributed by atoms with Crippen molar-refractivity contribution in [2.24, 2.45) is 0 Å². The molecule has 0 bridgehead atoms. The van der Waals surface area contributed by atoms with Crippen molar-refractivity contribution in [2.75, 3.05) is 0 Å². The molecule has 12 heavy (non-hydrogen) atoms. The Kier molecular flexibility index (Phi) is 2.87. The first-order valence-electron chi connectivity index (χ1n) is 4.45. The van der Waals surface area contributed by atoms with Crippen LogP contribution in [0.3, 0.4) is 0 Å². The maximum atomic E-state index is 2.43. The van der Waals surface area contributed by atoms with Crippen LogP contribution in [0.1, 0.15) is 6.92 Å². The van der Waals surface area contributed by atoms with Crippen LogP contribution in [0.15, 0.2) is 23.8 Å². The zero-order chi connectivity index (χ0) is 9.41. The minimum absolute atomic E-state index is 0.334. The molecule has 0 aliphatic heterocycles. The van der Waals surface area contributed by atoms with Crippen LogP contribution < -0.4 is 0 Å². The number of allylic oxidation sites excluding steroid dienone is 4. The summed E-state index contributed by atoms with van der Waals surface area (Å²) in [5.74, 6) is 0. The second kappa shape index (κ2) is 3.28. The third-order valence-corrected chi connectivity index (χ3v) is 4.32. The molecule has 0 amide bonds. The zero-order valence-corrected chi connectivity index (χ0v) is 11.0. The van der Waals surface area contributed by atoms with Crippen molar-refractivity contribution in [3.05, 3.63) is 23.8 Å². The molecule has 0 saturated carbocycles. The Labute approximate surface area is 88.5 Å². The topological polar surface area (TPSA) is 0 Å². The fraction of sp³-hybridized carbons (Fsp3) is 0.600. The molecule has 0 saturated heterocycles. The van der Waals surface area contributed by atoms with Gasteiger partial charge in [0.2, 0.25) is 0 Å². The van der Waals surface area contributed by atoms with Gasteiger partial charge >= 0.3 is 88.6 Å². The van der Waals surface area contributed by atoms with Crippen LogP contribution >= 0.6 is 0 Å². The zero-order valence-electron chi connectivity index (χ0n) is 8.44. The second-order valence-corrected chi connectivity index (χ2v) is 12.1. The van der Waals surface area contributed by atoms with Gasteiger partial charge in [-0.05, 0) is 0 Å². The SMILES string of the molecule is C[C]1([Ti])C=CC=C1C[Si](C)(C)C. The summed E-state index contributed by atoms with van der Waals surface area (Å²) in [6.07, 6.45) is 6.82. The Morgan fingerprint density at radius 2 is 2.00 bits per heavy atom. The van der Waals surface area contributed by atoms with Gasteiger partial charge in [0.05, 0.1) is 0 Å². The van der Waals surface area contributed by atoms with E-state index < -0.39 is 8.07 Å². The molecule has 0 heterocycles. The van der Waals surface area contributed by atoms with Gasteiger partial charge in [-0.2, -0.15) is 0 Å². The van der Waals surface area contributed by atoms with E-state index in [-0.39, 0.29) is 0 Å². The molecular weight excluding hydrogens is 196 g/mol. The summed E-state index contributed by atoms with van der Waals surface area (Å²) >= 11 is 2.31. The normalized spacial score (nSPS) is 29.1. The van der Waals surface area contributed by atoms with Crippen molar-refractivity contribution >= 4 is 8.07 Å². The number of rotatable bonds is 2. The Morgan fingerprint density at radius 3 is 2.33 bits per heavy atom. The molecule has 0 spiro atoms. The first kappa shape index (κ1) is 10.5. The van der Waals surface area contributed by atoms with Crippen LogP contribution in [0.25, 0.3) is 0 Å². The van der Waals surface area contributed by atoms with Crippen LogP contribution in [-0.4, -0.2) is 8.07 Å². The molecule has 1 aliphatic carbocycles. The maximum absolute atomic E-state index is 2.43. The third kappa shape index (κ3) is 2.72. The number of hydrogen-bond acceptors (Lipinski definition) is 0. The van der Waals surface area contributed by atoms with Crippen molar-refractivity contribution in [1.29, 1.82) is 0 Å². The molecule has 2 heteroatoms. The molecule has 1 atom stereocenters. The molecule has 1 aliphatic rings. The van der Waals surface area contributed by atoms with Crippen molar-refractivity contribution in [3.63, 3.8) is 0 Å². The molecule has 65 valence electrons. The minimum atomic E-state index is -0.919. The Balaban J connectivity index is 2.69. The number of hydrogen-bond donors (Lipinski definition) is 0. The van der Waals surface area contributed by atoms with E-state index in [2.05, 4.69) is 65.2 Å². The molecule has 1 unspecified atom stereocenters. The van der Waals surface area contributed by atoms with Gasteiger partial charge < -0.3 is 0 Å². The first-order valence-corrected chi connectivity index (χ1v) is 8.94. The molecule has 0 fully saturated rings. The van der Waals surface area contributed by atoms with Gasteiger partial charge in [-0.25, -0.2) is 0 Å². The average Bonchev–Trinajstić information content (AvgIpc) is 2.07. The first-order chi connectivity index (χ1) is 5.31. The molecule has 0 N–H and O–H groups in total. The Bertz CT molecular complexity index is 231. The molecule has 1 rings (SSSR count). The third-order valence-electron chi connectivity index (χ3n) is 2.11.